The van der Waals surface area contributed by atoms with Crippen LogP contribution in [0.25, 0.3) is 0 Å². The topological polar surface area (TPSA) is 26.3 Å². The van der Waals surface area contributed by atoms with Gasteiger partial charge in [0.05, 0.1) is 5.60 Å². The van der Waals surface area contributed by atoms with E-state index in [1.165, 1.54) is 0 Å². The van der Waals surface area contributed by atoms with E-state index in [1.54, 1.807) is 7.11 Å². The predicted molar refractivity (Wildman–Crippen MR) is 52.6 cm³/mol. The van der Waals surface area contributed by atoms with Crippen LogP contribution >= 0.6 is 0 Å². The molecule has 0 aromatic carbocycles. The maximum Gasteiger partial charge on any atom is 0.139 e. The number of carbonyl (C=O) groups excluding carboxylic acids is 1. The second-order valence-electron chi connectivity index (χ2n) is 4.71. The fourth-order valence-electron chi connectivity index (χ4n) is 2.08. The zero-order valence-electron chi connectivity index (χ0n) is 9.09. The fourth-order valence-corrected chi connectivity index (χ4v) is 2.08. The lowest BCUT2D eigenvalue weighted by Crippen LogP contribution is -2.41. The minimum absolute atomic E-state index is 0.105. The maximum absolute atomic E-state index is 11.7. The van der Waals surface area contributed by atoms with Crippen molar-refractivity contribution in [2.24, 2.45) is 11.8 Å². The third-order valence-electron chi connectivity index (χ3n) is 3.25. The number of rotatable bonds is 2. The largest absolute Gasteiger partial charge is 0.378 e. The summed E-state index contributed by atoms with van der Waals surface area (Å²) >= 11 is 0. The summed E-state index contributed by atoms with van der Waals surface area (Å²) in [6.45, 7) is 6.16. The molecule has 0 aliphatic heterocycles. The van der Waals surface area contributed by atoms with Gasteiger partial charge in [0.1, 0.15) is 5.78 Å². The number of Topliss-reactive ketones (excluding diaryl/α,β-unsaturated/α-hetero) is 1. The van der Waals surface area contributed by atoms with Crippen LogP contribution in [0.15, 0.2) is 0 Å². The molecular formula is C11H20O2. The highest BCUT2D eigenvalue weighted by Gasteiger charge is 2.37. The number of methoxy groups -OCH3 is 1. The molecule has 1 rings (SSSR count). The Morgan fingerprint density at radius 3 is 2.46 bits per heavy atom. The Morgan fingerprint density at radius 2 is 2.00 bits per heavy atom. The van der Waals surface area contributed by atoms with Crippen molar-refractivity contribution in [3.8, 4) is 0 Å². The molecule has 1 fully saturated rings. The van der Waals surface area contributed by atoms with Crippen LogP contribution in [0.2, 0.25) is 0 Å². The van der Waals surface area contributed by atoms with Crippen molar-refractivity contribution in [1.29, 1.82) is 0 Å². The van der Waals surface area contributed by atoms with Crippen molar-refractivity contribution in [3.63, 3.8) is 0 Å². The number of carbonyl (C=O) groups is 1. The van der Waals surface area contributed by atoms with E-state index in [0.29, 0.717) is 11.7 Å². The first-order valence-electron chi connectivity index (χ1n) is 5.05. The van der Waals surface area contributed by atoms with E-state index < -0.39 is 0 Å². The van der Waals surface area contributed by atoms with Crippen molar-refractivity contribution in [3.05, 3.63) is 0 Å². The summed E-state index contributed by atoms with van der Waals surface area (Å²) in [5.74, 6) is 1.05. The highest BCUT2D eigenvalue weighted by molar-refractivity contribution is 5.83. The molecule has 0 N–H and O–H groups in total. The summed E-state index contributed by atoms with van der Waals surface area (Å²) in [6, 6.07) is 0. The standard InChI is InChI=1S/C11H20O2/c1-8-5-6-9(10(12)7-8)11(2,3)13-4/h8-9H,5-7H2,1-4H3. The Balaban J connectivity index is 2.66. The Labute approximate surface area is 80.7 Å². The van der Waals surface area contributed by atoms with Crippen LogP contribution in [-0.4, -0.2) is 18.5 Å². The second kappa shape index (κ2) is 3.79. The van der Waals surface area contributed by atoms with Gasteiger partial charge in [-0.05, 0) is 32.6 Å². The number of ether oxygens (including phenoxy) is 1. The third-order valence-corrected chi connectivity index (χ3v) is 3.25. The summed E-state index contributed by atoms with van der Waals surface area (Å²) in [6.07, 6.45) is 2.88. The van der Waals surface area contributed by atoms with Crippen LogP contribution < -0.4 is 0 Å². The molecule has 2 unspecified atom stereocenters. The van der Waals surface area contributed by atoms with Crippen LogP contribution in [0.3, 0.4) is 0 Å². The van der Waals surface area contributed by atoms with Crippen LogP contribution in [0.1, 0.15) is 40.0 Å². The molecule has 1 aliphatic rings. The molecule has 0 heterocycles. The van der Waals surface area contributed by atoms with Gasteiger partial charge >= 0.3 is 0 Å². The molecule has 2 nitrogen and oxygen atoms in total. The van der Waals surface area contributed by atoms with Gasteiger partial charge in [-0.3, -0.25) is 4.79 Å². The normalized spacial score (nSPS) is 30.6. The molecule has 76 valence electrons. The van der Waals surface area contributed by atoms with Crippen LogP contribution in [0, 0.1) is 11.8 Å². The van der Waals surface area contributed by atoms with Gasteiger partial charge in [-0.1, -0.05) is 6.92 Å². The van der Waals surface area contributed by atoms with Crippen molar-refractivity contribution in [2.45, 2.75) is 45.6 Å². The van der Waals surface area contributed by atoms with Gasteiger partial charge in [-0.2, -0.15) is 0 Å². The number of hydrogen-bond donors (Lipinski definition) is 0. The van der Waals surface area contributed by atoms with Crippen LogP contribution in [0.5, 0.6) is 0 Å². The molecule has 1 aliphatic carbocycles. The van der Waals surface area contributed by atoms with Crippen LogP contribution in [-0.2, 0) is 9.53 Å². The molecule has 0 spiro atoms. The molecule has 0 saturated heterocycles. The SMILES string of the molecule is COC(C)(C)C1CCC(C)CC1=O. The molecule has 2 heteroatoms. The van der Waals surface area contributed by atoms with Gasteiger partial charge < -0.3 is 4.74 Å². The first-order chi connectivity index (χ1) is 5.97. The minimum atomic E-state index is -0.281. The van der Waals surface area contributed by atoms with E-state index in [1.807, 2.05) is 13.8 Å². The van der Waals surface area contributed by atoms with Crippen molar-refractivity contribution >= 4 is 5.78 Å². The van der Waals surface area contributed by atoms with Crippen molar-refractivity contribution in [1.82, 2.24) is 0 Å². The highest BCUT2D eigenvalue weighted by Crippen LogP contribution is 2.34. The zero-order valence-corrected chi connectivity index (χ0v) is 9.09. The van der Waals surface area contributed by atoms with E-state index >= 15 is 0 Å². The first kappa shape index (κ1) is 10.7. The van der Waals surface area contributed by atoms with E-state index in [0.717, 1.165) is 19.3 Å². The van der Waals surface area contributed by atoms with Gasteiger partial charge in [-0.25, -0.2) is 0 Å². The summed E-state index contributed by atoms with van der Waals surface area (Å²) in [4.78, 5) is 11.7. The molecule has 1 saturated carbocycles. The number of ketones is 1. The van der Waals surface area contributed by atoms with E-state index in [-0.39, 0.29) is 11.5 Å². The average molecular weight is 184 g/mol. The predicted octanol–water partition coefficient (Wildman–Crippen LogP) is 2.42. The molecule has 0 bridgehead atoms. The van der Waals surface area contributed by atoms with Gasteiger partial charge in [-0.15, -0.1) is 0 Å². The Kier molecular flexibility index (Phi) is 3.12. The lowest BCUT2D eigenvalue weighted by molar-refractivity contribution is -0.137. The molecule has 13 heavy (non-hydrogen) atoms. The van der Waals surface area contributed by atoms with Gasteiger partial charge in [0.25, 0.3) is 0 Å². The third kappa shape index (κ3) is 2.31. The van der Waals surface area contributed by atoms with Crippen LogP contribution in [0.4, 0.5) is 0 Å². The van der Waals surface area contributed by atoms with Gasteiger partial charge in [0.15, 0.2) is 0 Å². The quantitative estimate of drug-likeness (QED) is 0.658. The van der Waals surface area contributed by atoms with E-state index in [4.69, 9.17) is 4.74 Å². The lowest BCUT2D eigenvalue weighted by Gasteiger charge is -2.36. The van der Waals surface area contributed by atoms with E-state index in [9.17, 15) is 4.79 Å². The second-order valence-corrected chi connectivity index (χ2v) is 4.71. The molecular weight excluding hydrogens is 164 g/mol. The minimum Gasteiger partial charge on any atom is -0.378 e. The van der Waals surface area contributed by atoms with E-state index in [2.05, 4.69) is 6.92 Å². The smallest absolute Gasteiger partial charge is 0.139 e. The highest BCUT2D eigenvalue weighted by atomic mass is 16.5. The molecule has 0 aromatic heterocycles. The first-order valence-corrected chi connectivity index (χ1v) is 5.05. The van der Waals surface area contributed by atoms with Crippen molar-refractivity contribution < 1.29 is 9.53 Å². The summed E-state index contributed by atoms with van der Waals surface area (Å²) in [7, 11) is 1.69. The molecule has 0 amide bonds. The number of hydrogen-bond acceptors (Lipinski definition) is 2. The molecule has 2 atom stereocenters. The average Bonchev–Trinajstić information content (AvgIpc) is 2.03. The Morgan fingerprint density at radius 1 is 1.38 bits per heavy atom. The Bertz CT molecular complexity index is 196. The van der Waals surface area contributed by atoms with Gasteiger partial charge in [0.2, 0.25) is 0 Å². The molecule has 0 aromatic rings. The fraction of sp³-hybridized carbons (Fsp3) is 0.909. The van der Waals surface area contributed by atoms with Crippen molar-refractivity contribution in [2.75, 3.05) is 7.11 Å². The summed E-state index contributed by atoms with van der Waals surface area (Å²) in [5.41, 5.74) is -0.281. The zero-order chi connectivity index (χ0) is 10.1. The lowest BCUT2D eigenvalue weighted by atomic mass is 9.74. The molecule has 0 radical (unpaired) electrons. The summed E-state index contributed by atoms with van der Waals surface area (Å²) in [5, 5.41) is 0. The summed E-state index contributed by atoms with van der Waals surface area (Å²) < 4.78 is 5.36. The van der Waals surface area contributed by atoms with Gasteiger partial charge in [0, 0.05) is 19.4 Å². The Hall–Kier alpha value is -0.370. The monoisotopic (exact) mass is 184 g/mol. The maximum atomic E-state index is 11.7.